The minimum absolute atomic E-state index is 0.0793. The number of carbonyl (C=O) groups is 2. The molecule has 29 heavy (non-hydrogen) atoms. The number of aryl methyl sites for hydroxylation is 1. The van der Waals surface area contributed by atoms with Crippen LogP contribution in [0.5, 0.6) is 0 Å². The van der Waals surface area contributed by atoms with Crippen LogP contribution in [0.15, 0.2) is 30.3 Å². The highest BCUT2D eigenvalue weighted by Gasteiger charge is 2.34. The molecule has 2 amide bonds. The molecule has 0 saturated carbocycles. The van der Waals surface area contributed by atoms with Crippen LogP contribution in [0.3, 0.4) is 0 Å². The zero-order valence-corrected chi connectivity index (χ0v) is 17.2. The number of piperidine rings is 1. The lowest BCUT2D eigenvalue weighted by Crippen LogP contribution is -2.39. The molecule has 1 aromatic carbocycles. The van der Waals surface area contributed by atoms with E-state index in [1.165, 1.54) is 5.56 Å². The summed E-state index contributed by atoms with van der Waals surface area (Å²) in [7, 11) is 0. The quantitative estimate of drug-likeness (QED) is 0.782. The van der Waals surface area contributed by atoms with E-state index >= 15 is 0 Å². The first-order valence-electron chi connectivity index (χ1n) is 10.6. The summed E-state index contributed by atoms with van der Waals surface area (Å²) in [6, 6.07) is 10.1. The Labute approximate surface area is 172 Å². The number of likely N-dealkylation sites (tertiary alicyclic amines) is 1. The fourth-order valence-corrected chi connectivity index (χ4v) is 4.36. The Hall–Kier alpha value is -2.76. The van der Waals surface area contributed by atoms with Crippen LogP contribution in [0.1, 0.15) is 61.3 Å². The molecule has 1 saturated heterocycles. The summed E-state index contributed by atoms with van der Waals surface area (Å²) in [5, 5.41) is 0. The van der Waals surface area contributed by atoms with Gasteiger partial charge in [0.25, 0.3) is 0 Å². The highest BCUT2D eigenvalue weighted by molar-refractivity contribution is 6.00. The maximum absolute atomic E-state index is 12.7. The molecule has 6 heteroatoms. The van der Waals surface area contributed by atoms with E-state index in [0.29, 0.717) is 25.2 Å². The van der Waals surface area contributed by atoms with Gasteiger partial charge in [-0.2, -0.15) is 0 Å². The van der Waals surface area contributed by atoms with Gasteiger partial charge in [-0.15, -0.1) is 0 Å². The van der Waals surface area contributed by atoms with Crippen LogP contribution in [0.2, 0.25) is 0 Å². The van der Waals surface area contributed by atoms with Crippen molar-refractivity contribution in [1.82, 2.24) is 14.9 Å². The number of hydrogen-bond acceptors (Lipinski definition) is 4. The highest BCUT2D eigenvalue weighted by atomic mass is 16.2. The average molecular weight is 393 g/mol. The lowest BCUT2D eigenvalue weighted by atomic mass is 10.0. The second-order valence-electron chi connectivity index (χ2n) is 7.88. The lowest BCUT2D eigenvalue weighted by molar-refractivity contribution is -0.135. The molecule has 1 atom stereocenters. The first-order chi connectivity index (χ1) is 14.1. The number of carbonyl (C=O) groups excluding carboxylic acids is 2. The number of anilines is 1. The molecule has 0 bridgehead atoms. The van der Waals surface area contributed by atoms with E-state index in [4.69, 9.17) is 9.97 Å². The highest BCUT2D eigenvalue weighted by Crippen LogP contribution is 2.34. The summed E-state index contributed by atoms with van der Waals surface area (Å²) in [5.74, 6) is 1.65. The Morgan fingerprint density at radius 3 is 2.72 bits per heavy atom. The van der Waals surface area contributed by atoms with Gasteiger partial charge in [-0.25, -0.2) is 9.97 Å². The van der Waals surface area contributed by atoms with Crippen molar-refractivity contribution in [2.24, 2.45) is 0 Å². The molecule has 3 heterocycles. The first kappa shape index (κ1) is 19.6. The van der Waals surface area contributed by atoms with Gasteiger partial charge in [0.15, 0.2) is 5.82 Å². The number of hydrogen-bond donors (Lipinski definition) is 0. The van der Waals surface area contributed by atoms with Crippen LogP contribution in [-0.4, -0.2) is 39.8 Å². The molecular formula is C23H28N4O2. The molecular weight excluding hydrogens is 364 g/mol. The van der Waals surface area contributed by atoms with Gasteiger partial charge in [0.05, 0.1) is 12.5 Å². The van der Waals surface area contributed by atoms with E-state index in [-0.39, 0.29) is 17.9 Å². The molecule has 2 aliphatic heterocycles. The summed E-state index contributed by atoms with van der Waals surface area (Å²) in [4.78, 5) is 38.5. The second kappa shape index (κ2) is 8.31. The number of fused-ring (bicyclic) bond motifs is 1. The zero-order valence-electron chi connectivity index (χ0n) is 17.2. The van der Waals surface area contributed by atoms with Gasteiger partial charge in [-0.1, -0.05) is 37.3 Å². The second-order valence-corrected chi connectivity index (χ2v) is 7.88. The van der Waals surface area contributed by atoms with Crippen molar-refractivity contribution in [2.45, 2.75) is 58.4 Å². The Bertz CT molecular complexity index is 913. The van der Waals surface area contributed by atoms with Gasteiger partial charge in [0, 0.05) is 30.8 Å². The number of benzene rings is 1. The molecule has 0 radical (unpaired) electrons. The summed E-state index contributed by atoms with van der Waals surface area (Å²) in [5.41, 5.74) is 2.98. The van der Waals surface area contributed by atoms with Crippen molar-refractivity contribution in [3.8, 4) is 0 Å². The molecule has 0 spiro atoms. The van der Waals surface area contributed by atoms with Crippen molar-refractivity contribution in [1.29, 1.82) is 0 Å². The van der Waals surface area contributed by atoms with Gasteiger partial charge < -0.3 is 4.90 Å². The number of rotatable bonds is 5. The van der Waals surface area contributed by atoms with Crippen molar-refractivity contribution in [3.05, 3.63) is 53.0 Å². The summed E-state index contributed by atoms with van der Waals surface area (Å²) in [6.45, 7) is 5.21. The Kier molecular flexibility index (Phi) is 5.60. The molecule has 0 unspecified atom stereocenters. The average Bonchev–Trinajstić information content (AvgIpc) is 3.08. The third-order valence-corrected chi connectivity index (χ3v) is 5.98. The van der Waals surface area contributed by atoms with Crippen LogP contribution in [0.25, 0.3) is 0 Å². The Morgan fingerprint density at radius 2 is 1.97 bits per heavy atom. The van der Waals surface area contributed by atoms with E-state index in [9.17, 15) is 9.59 Å². The molecule has 0 N–H and O–H groups in total. The SMILES string of the molecule is CCC(=O)N1CCCC[C@H]1c1nc(C)c2c(n1)N(CCc1ccccc1)C(=O)C2. The molecule has 2 aromatic rings. The molecule has 1 fully saturated rings. The van der Waals surface area contributed by atoms with Crippen LogP contribution >= 0.6 is 0 Å². The minimum atomic E-state index is -0.0909. The van der Waals surface area contributed by atoms with Crippen LogP contribution in [0.4, 0.5) is 5.82 Å². The van der Waals surface area contributed by atoms with Crippen molar-refractivity contribution in [3.63, 3.8) is 0 Å². The zero-order chi connectivity index (χ0) is 20.4. The fourth-order valence-electron chi connectivity index (χ4n) is 4.36. The summed E-state index contributed by atoms with van der Waals surface area (Å²) in [6.07, 6.45) is 4.60. The maximum Gasteiger partial charge on any atom is 0.232 e. The topological polar surface area (TPSA) is 66.4 Å². The van der Waals surface area contributed by atoms with E-state index in [2.05, 4.69) is 12.1 Å². The van der Waals surface area contributed by atoms with E-state index < -0.39 is 0 Å². The maximum atomic E-state index is 12.7. The third kappa shape index (κ3) is 3.88. The molecule has 1 aromatic heterocycles. The van der Waals surface area contributed by atoms with Gasteiger partial charge in [-0.05, 0) is 38.2 Å². The molecule has 152 valence electrons. The molecule has 0 aliphatic carbocycles. The predicted octanol–water partition coefficient (Wildman–Crippen LogP) is 3.38. The molecule has 4 rings (SSSR count). The standard InChI is InChI=1S/C23H28N4O2/c1-3-20(28)26-13-8-7-11-19(26)22-24-16(2)18-15-21(29)27(23(18)25-22)14-12-17-9-5-4-6-10-17/h4-6,9-10,19H,3,7-8,11-15H2,1-2H3/t19-/m0/s1. The van der Waals surface area contributed by atoms with Gasteiger partial charge in [0.2, 0.25) is 11.8 Å². The number of amides is 2. The van der Waals surface area contributed by atoms with Gasteiger partial charge in [-0.3, -0.25) is 14.5 Å². The van der Waals surface area contributed by atoms with Crippen LogP contribution in [-0.2, 0) is 22.4 Å². The van der Waals surface area contributed by atoms with E-state index in [0.717, 1.165) is 49.3 Å². The van der Waals surface area contributed by atoms with Crippen molar-refractivity contribution < 1.29 is 9.59 Å². The van der Waals surface area contributed by atoms with Crippen molar-refractivity contribution in [2.75, 3.05) is 18.0 Å². The monoisotopic (exact) mass is 392 g/mol. The lowest BCUT2D eigenvalue weighted by Gasteiger charge is -2.35. The Morgan fingerprint density at radius 1 is 1.17 bits per heavy atom. The molecule has 2 aliphatic rings. The van der Waals surface area contributed by atoms with E-state index in [1.807, 2.05) is 36.9 Å². The van der Waals surface area contributed by atoms with Gasteiger partial charge in [0.1, 0.15) is 5.82 Å². The Balaban J connectivity index is 1.62. The molecule has 6 nitrogen and oxygen atoms in total. The normalized spacial score (nSPS) is 18.8. The summed E-state index contributed by atoms with van der Waals surface area (Å²) < 4.78 is 0. The number of aromatic nitrogens is 2. The first-order valence-corrected chi connectivity index (χ1v) is 10.6. The van der Waals surface area contributed by atoms with E-state index in [1.54, 1.807) is 4.90 Å². The van der Waals surface area contributed by atoms with Crippen molar-refractivity contribution >= 4 is 17.6 Å². The fraction of sp³-hybridized carbons (Fsp3) is 0.478. The van der Waals surface area contributed by atoms with Crippen LogP contribution in [0, 0.1) is 6.92 Å². The summed E-state index contributed by atoms with van der Waals surface area (Å²) >= 11 is 0. The van der Waals surface area contributed by atoms with Crippen LogP contribution < -0.4 is 4.90 Å². The minimum Gasteiger partial charge on any atom is -0.332 e. The largest absolute Gasteiger partial charge is 0.332 e. The predicted molar refractivity (Wildman–Crippen MR) is 112 cm³/mol. The number of nitrogens with zero attached hydrogens (tertiary/aromatic N) is 4. The smallest absolute Gasteiger partial charge is 0.232 e. The van der Waals surface area contributed by atoms with Gasteiger partial charge >= 0.3 is 0 Å². The third-order valence-electron chi connectivity index (χ3n) is 5.98.